The van der Waals surface area contributed by atoms with Crippen LogP contribution >= 0.6 is 11.8 Å². The summed E-state index contributed by atoms with van der Waals surface area (Å²) in [5, 5.41) is 6.57. The van der Waals surface area contributed by atoms with Gasteiger partial charge in [-0.25, -0.2) is 0 Å². The van der Waals surface area contributed by atoms with Crippen molar-refractivity contribution in [1.82, 2.24) is 10.6 Å². The molecule has 2 N–H and O–H groups in total. The molecule has 2 rings (SSSR count). The number of nitrogens with one attached hydrogen (secondary N) is 2. The smallest absolute Gasteiger partial charge is 0.191 e. The van der Waals surface area contributed by atoms with E-state index in [9.17, 15) is 4.21 Å². The minimum Gasteiger partial charge on any atom is -0.357 e. The first-order valence-corrected chi connectivity index (χ1v) is 10.5. The Balaban J connectivity index is 1.81. The van der Waals surface area contributed by atoms with Crippen molar-refractivity contribution in [2.24, 2.45) is 4.99 Å². The minimum atomic E-state index is -0.967. The summed E-state index contributed by atoms with van der Waals surface area (Å²) in [4.78, 5) is 5.59. The third kappa shape index (κ3) is 6.18. The van der Waals surface area contributed by atoms with E-state index < -0.39 is 10.8 Å². The van der Waals surface area contributed by atoms with Crippen molar-refractivity contribution in [3.8, 4) is 0 Å². The van der Waals surface area contributed by atoms with Crippen LogP contribution in [0, 0.1) is 0 Å². The van der Waals surface area contributed by atoms with Gasteiger partial charge in [-0.2, -0.15) is 11.8 Å². The van der Waals surface area contributed by atoms with Gasteiger partial charge in [0.15, 0.2) is 5.96 Å². The first-order valence-electron chi connectivity index (χ1n) is 8.22. The summed E-state index contributed by atoms with van der Waals surface area (Å²) < 4.78 is 12.5. The Hall–Kier alpha value is -1.01. The predicted molar refractivity (Wildman–Crippen MR) is 102 cm³/mol. The average Bonchev–Trinajstić information content (AvgIpc) is 3.00. The molecule has 1 aliphatic rings. The molecule has 128 valence electrons. The molecular formula is C17H27N3OS2. The quantitative estimate of drug-likeness (QED) is 0.584. The Labute approximate surface area is 146 Å². The molecule has 2 unspecified atom stereocenters. The zero-order valence-electron chi connectivity index (χ0n) is 14.0. The molecule has 1 saturated heterocycles. The van der Waals surface area contributed by atoms with Crippen LogP contribution in [0.15, 0.2) is 40.2 Å². The Morgan fingerprint density at radius 2 is 2.13 bits per heavy atom. The van der Waals surface area contributed by atoms with E-state index in [2.05, 4.69) is 24.5 Å². The summed E-state index contributed by atoms with van der Waals surface area (Å²) >= 11 is 2.02. The summed E-state index contributed by atoms with van der Waals surface area (Å²) in [5.41, 5.74) is 0. The zero-order chi connectivity index (χ0) is 16.5. The van der Waals surface area contributed by atoms with Gasteiger partial charge in [-0.05, 0) is 44.6 Å². The Morgan fingerprint density at radius 3 is 2.78 bits per heavy atom. The minimum absolute atomic E-state index is 0.273. The first-order chi connectivity index (χ1) is 11.1. The van der Waals surface area contributed by atoms with Gasteiger partial charge < -0.3 is 10.6 Å². The SMILES string of the molecule is CCNC(=NCC1(C)CCCS1)NCCS(=O)c1ccccc1. The number of guanidine groups is 1. The van der Waals surface area contributed by atoms with Gasteiger partial charge in [-0.3, -0.25) is 9.20 Å². The molecular weight excluding hydrogens is 326 g/mol. The highest BCUT2D eigenvalue weighted by molar-refractivity contribution is 8.00. The number of nitrogens with zero attached hydrogens (tertiary/aromatic N) is 1. The number of hydrogen-bond donors (Lipinski definition) is 2. The highest BCUT2D eigenvalue weighted by Crippen LogP contribution is 2.37. The molecule has 4 nitrogen and oxygen atoms in total. The molecule has 1 aliphatic heterocycles. The summed E-state index contributed by atoms with van der Waals surface area (Å²) in [6.07, 6.45) is 2.52. The first kappa shape index (κ1) is 18.3. The lowest BCUT2D eigenvalue weighted by Crippen LogP contribution is -2.40. The van der Waals surface area contributed by atoms with E-state index in [4.69, 9.17) is 4.99 Å². The largest absolute Gasteiger partial charge is 0.357 e. The van der Waals surface area contributed by atoms with Crippen LogP contribution in [0.2, 0.25) is 0 Å². The van der Waals surface area contributed by atoms with Crippen LogP contribution in [0.4, 0.5) is 0 Å². The summed E-state index contributed by atoms with van der Waals surface area (Å²) in [5.74, 6) is 2.65. The molecule has 1 aromatic carbocycles. The number of thioether (sulfide) groups is 1. The topological polar surface area (TPSA) is 53.5 Å². The molecule has 0 aliphatic carbocycles. The van der Waals surface area contributed by atoms with E-state index >= 15 is 0 Å². The van der Waals surface area contributed by atoms with E-state index in [0.29, 0.717) is 12.3 Å². The van der Waals surface area contributed by atoms with Crippen LogP contribution in [-0.4, -0.2) is 46.1 Å². The molecule has 1 aromatic rings. The number of aliphatic imine (C=N–C) groups is 1. The fourth-order valence-electron chi connectivity index (χ4n) is 2.50. The lowest BCUT2D eigenvalue weighted by molar-refractivity contribution is 0.615. The van der Waals surface area contributed by atoms with Crippen LogP contribution < -0.4 is 10.6 Å². The van der Waals surface area contributed by atoms with Crippen LogP contribution in [0.25, 0.3) is 0 Å². The molecule has 1 fully saturated rings. The molecule has 0 saturated carbocycles. The summed E-state index contributed by atoms with van der Waals surface area (Å²) in [6, 6.07) is 9.61. The molecule has 0 bridgehead atoms. The molecule has 0 spiro atoms. The lowest BCUT2D eigenvalue weighted by Gasteiger charge is -2.21. The van der Waals surface area contributed by atoms with E-state index in [1.807, 2.05) is 42.1 Å². The highest BCUT2D eigenvalue weighted by atomic mass is 32.2. The van der Waals surface area contributed by atoms with Crippen LogP contribution in [0.1, 0.15) is 26.7 Å². The molecule has 6 heteroatoms. The van der Waals surface area contributed by atoms with Crippen LogP contribution in [0.3, 0.4) is 0 Å². The molecule has 23 heavy (non-hydrogen) atoms. The van der Waals surface area contributed by atoms with Crippen molar-refractivity contribution in [2.75, 3.05) is 31.1 Å². The maximum absolute atomic E-state index is 12.2. The highest BCUT2D eigenvalue weighted by Gasteiger charge is 2.29. The fourth-order valence-corrected chi connectivity index (χ4v) is 4.71. The van der Waals surface area contributed by atoms with Gasteiger partial charge in [0, 0.05) is 28.5 Å². The van der Waals surface area contributed by atoms with E-state index in [1.54, 1.807) is 0 Å². The lowest BCUT2D eigenvalue weighted by atomic mass is 10.1. The number of rotatable bonds is 7. The molecule has 1 heterocycles. The van der Waals surface area contributed by atoms with Gasteiger partial charge in [-0.15, -0.1) is 0 Å². The maximum atomic E-state index is 12.2. The number of hydrogen-bond acceptors (Lipinski definition) is 3. The molecule has 2 atom stereocenters. The fraction of sp³-hybridized carbons (Fsp3) is 0.588. The van der Waals surface area contributed by atoms with E-state index in [1.165, 1.54) is 18.6 Å². The van der Waals surface area contributed by atoms with Crippen molar-refractivity contribution in [3.05, 3.63) is 30.3 Å². The van der Waals surface area contributed by atoms with Gasteiger partial charge >= 0.3 is 0 Å². The van der Waals surface area contributed by atoms with Crippen molar-refractivity contribution in [3.63, 3.8) is 0 Å². The third-order valence-corrected chi connectivity index (χ3v) is 6.70. The van der Waals surface area contributed by atoms with Crippen LogP contribution in [-0.2, 0) is 10.8 Å². The maximum Gasteiger partial charge on any atom is 0.191 e. The molecule has 0 amide bonds. The second-order valence-corrected chi connectivity index (χ2v) is 9.14. The zero-order valence-corrected chi connectivity index (χ0v) is 15.6. The van der Waals surface area contributed by atoms with Gasteiger partial charge in [0.1, 0.15) is 0 Å². The van der Waals surface area contributed by atoms with Gasteiger partial charge in [0.2, 0.25) is 0 Å². The second-order valence-electron chi connectivity index (χ2n) is 5.89. The van der Waals surface area contributed by atoms with Crippen molar-refractivity contribution in [1.29, 1.82) is 0 Å². The number of benzene rings is 1. The van der Waals surface area contributed by atoms with Gasteiger partial charge in [-0.1, -0.05) is 18.2 Å². The van der Waals surface area contributed by atoms with Gasteiger partial charge in [0.25, 0.3) is 0 Å². The average molecular weight is 354 g/mol. The summed E-state index contributed by atoms with van der Waals surface area (Å²) in [6.45, 7) is 6.66. The standard InChI is InChI=1S/C17H27N3OS2/c1-3-18-16(20-14-17(2)10-7-12-22-17)19-11-13-23(21)15-8-5-4-6-9-15/h4-6,8-9H,3,7,10-14H2,1-2H3,(H2,18,19,20). The van der Waals surface area contributed by atoms with Crippen molar-refractivity contribution >= 4 is 28.5 Å². The monoisotopic (exact) mass is 353 g/mol. The third-order valence-electron chi connectivity index (χ3n) is 3.80. The summed E-state index contributed by atoms with van der Waals surface area (Å²) in [7, 11) is -0.967. The predicted octanol–water partition coefficient (Wildman–Crippen LogP) is 2.64. The Kier molecular flexibility index (Phi) is 7.43. The second kappa shape index (κ2) is 9.33. The van der Waals surface area contributed by atoms with E-state index in [-0.39, 0.29) is 4.75 Å². The Bertz CT molecular complexity index is 528. The van der Waals surface area contributed by atoms with Crippen LogP contribution in [0.5, 0.6) is 0 Å². The van der Waals surface area contributed by atoms with Crippen molar-refractivity contribution in [2.45, 2.75) is 36.3 Å². The van der Waals surface area contributed by atoms with Crippen molar-refractivity contribution < 1.29 is 4.21 Å². The normalized spacial score (nSPS) is 22.8. The molecule has 0 radical (unpaired) electrons. The van der Waals surface area contributed by atoms with E-state index in [0.717, 1.165) is 23.9 Å². The Morgan fingerprint density at radius 1 is 1.35 bits per heavy atom. The van der Waals surface area contributed by atoms with Gasteiger partial charge in [0.05, 0.1) is 17.3 Å². The molecule has 0 aromatic heterocycles.